The van der Waals surface area contributed by atoms with Crippen molar-refractivity contribution in [3.8, 4) is 0 Å². The molecule has 1 heterocycles. The molecule has 1 aliphatic heterocycles. The SMILES string of the molecule is CCCCCCCC(CCCCCC)N1CCOC[C@@H]1C. The van der Waals surface area contributed by atoms with Gasteiger partial charge in [-0.3, -0.25) is 4.90 Å². The average molecular weight is 298 g/mol. The van der Waals surface area contributed by atoms with Gasteiger partial charge < -0.3 is 4.74 Å². The Bertz CT molecular complexity index is 232. The summed E-state index contributed by atoms with van der Waals surface area (Å²) in [6.07, 6.45) is 15.4. The first kappa shape index (κ1) is 19.0. The maximum Gasteiger partial charge on any atom is 0.0619 e. The van der Waals surface area contributed by atoms with Crippen molar-refractivity contribution in [1.82, 2.24) is 4.90 Å². The van der Waals surface area contributed by atoms with Crippen LogP contribution in [-0.2, 0) is 4.74 Å². The van der Waals surface area contributed by atoms with E-state index < -0.39 is 0 Å². The highest BCUT2D eigenvalue weighted by atomic mass is 16.5. The Morgan fingerprint density at radius 2 is 1.48 bits per heavy atom. The quantitative estimate of drug-likeness (QED) is 0.447. The highest BCUT2D eigenvalue weighted by Crippen LogP contribution is 2.21. The van der Waals surface area contributed by atoms with Gasteiger partial charge in [0.05, 0.1) is 13.2 Å². The molecule has 126 valence electrons. The van der Waals surface area contributed by atoms with Gasteiger partial charge in [-0.25, -0.2) is 0 Å². The summed E-state index contributed by atoms with van der Waals surface area (Å²) in [5.74, 6) is 0. The highest BCUT2D eigenvalue weighted by molar-refractivity contribution is 4.79. The van der Waals surface area contributed by atoms with Crippen molar-refractivity contribution in [3.05, 3.63) is 0 Å². The van der Waals surface area contributed by atoms with Crippen molar-refractivity contribution in [2.45, 2.75) is 103 Å². The van der Waals surface area contributed by atoms with E-state index >= 15 is 0 Å². The molecular formula is C19H39NO. The number of hydrogen-bond acceptors (Lipinski definition) is 2. The Kier molecular flexibility index (Phi) is 11.3. The maximum atomic E-state index is 5.62. The number of unbranched alkanes of at least 4 members (excludes halogenated alkanes) is 7. The largest absolute Gasteiger partial charge is 0.379 e. The highest BCUT2D eigenvalue weighted by Gasteiger charge is 2.25. The summed E-state index contributed by atoms with van der Waals surface area (Å²) in [6, 6.07) is 1.42. The number of nitrogens with zero attached hydrogens (tertiary/aromatic N) is 1. The van der Waals surface area contributed by atoms with Gasteiger partial charge in [-0.15, -0.1) is 0 Å². The summed E-state index contributed by atoms with van der Waals surface area (Å²) < 4.78 is 5.62. The fourth-order valence-electron chi connectivity index (χ4n) is 3.55. The van der Waals surface area contributed by atoms with Gasteiger partial charge in [0.1, 0.15) is 0 Å². The summed E-state index contributed by atoms with van der Waals surface area (Å²) in [7, 11) is 0. The van der Waals surface area contributed by atoms with E-state index in [1.165, 1.54) is 70.6 Å². The number of rotatable bonds is 12. The Hall–Kier alpha value is -0.0800. The zero-order chi connectivity index (χ0) is 15.3. The molecule has 1 unspecified atom stereocenters. The number of hydrogen-bond donors (Lipinski definition) is 0. The van der Waals surface area contributed by atoms with E-state index in [0.717, 1.165) is 25.8 Å². The van der Waals surface area contributed by atoms with Gasteiger partial charge >= 0.3 is 0 Å². The molecule has 0 spiro atoms. The summed E-state index contributed by atoms with van der Waals surface area (Å²) in [6.45, 7) is 9.96. The van der Waals surface area contributed by atoms with Gasteiger partial charge in [-0.2, -0.15) is 0 Å². The molecule has 0 radical (unpaired) electrons. The molecule has 0 N–H and O–H groups in total. The molecule has 0 aromatic carbocycles. The molecule has 0 amide bonds. The molecule has 2 heteroatoms. The summed E-state index contributed by atoms with van der Waals surface area (Å²) in [5, 5.41) is 0. The molecular weight excluding hydrogens is 258 g/mol. The van der Waals surface area contributed by atoms with Crippen molar-refractivity contribution in [2.75, 3.05) is 19.8 Å². The summed E-state index contributed by atoms with van der Waals surface area (Å²) in [4.78, 5) is 2.75. The van der Waals surface area contributed by atoms with Crippen LogP contribution in [0.25, 0.3) is 0 Å². The predicted octanol–water partition coefficient (Wildman–Crippen LogP) is 5.41. The lowest BCUT2D eigenvalue weighted by molar-refractivity contribution is -0.0262. The van der Waals surface area contributed by atoms with Crippen LogP contribution >= 0.6 is 0 Å². The fourth-order valence-corrected chi connectivity index (χ4v) is 3.55. The van der Waals surface area contributed by atoms with Crippen LogP contribution in [0, 0.1) is 0 Å². The van der Waals surface area contributed by atoms with Gasteiger partial charge in [0, 0.05) is 18.6 Å². The molecule has 0 bridgehead atoms. The van der Waals surface area contributed by atoms with E-state index in [1.807, 2.05) is 0 Å². The lowest BCUT2D eigenvalue weighted by atomic mass is 9.98. The van der Waals surface area contributed by atoms with Gasteiger partial charge in [0.15, 0.2) is 0 Å². The summed E-state index contributed by atoms with van der Waals surface area (Å²) in [5.41, 5.74) is 0. The lowest BCUT2D eigenvalue weighted by Gasteiger charge is -2.39. The van der Waals surface area contributed by atoms with Crippen molar-refractivity contribution in [2.24, 2.45) is 0 Å². The molecule has 0 aromatic rings. The minimum atomic E-state index is 0.616. The third kappa shape index (κ3) is 8.21. The van der Waals surface area contributed by atoms with Crippen LogP contribution in [0.5, 0.6) is 0 Å². The van der Waals surface area contributed by atoms with Crippen LogP contribution in [0.4, 0.5) is 0 Å². The molecule has 21 heavy (non-hydrogen) atoms. The van der Waals surface area contributed by atoms with Crippen LogP contribution in [0.1, 0.15) is 91.4 Å². The normalized spacial score (nSPS) is 21.6. The predicted molar refractivity (Wildman–Crippen MR) is 92.9 cm³/mol. The average Bonchev–Trinajstić information content (AvgIpc) is 2.50. The zero-order valence-corrected chi connectivity index (χ0v) is 14.9. The van der Waals surface area contributed by atoms with E-state index in [1.54, 1.807) is 0 Å². The Morgan fingerprint density at radius 1 is 0.905 bits per heavy atom. The van der Waals surface area contributed by atoms with E-state index in [9.17, 15) is 0 Å². The Balaban J connectivity index is 2.33. The van der Waals surface area contributed by atoms with Crippen LogP contribution in [0.15, 0.2) is 0 Å². The maximum absolute atomic E-state index is 5.62. The molecule has 1 saturated heterocycles. The van der Waals surface area contributed by atoms with Gasteiger partial charge in [-0.05, 0) is 19.8 Å². The van der Waals surface area contributed by atoms with E-state index in [-0.39, 0.29) is 0 Å². The fraction of sp³-hybridized carbons (Fsp3) is 1.00. The zero-order valence-electron chi connectivity index (χ0n) is 14.9. The molecule has 1 fully saturated rings. The first-order valence-electron chi connectivity index (χ1n) is 9.63. The van der Waals surface area contributed by atoms with Crippen LogP contribution in [-0.4, -0.2) is 36.7 Å². The first-order valence-corrected chi connectivity index (χ1v) is 9.63. The van der Waals surface area contributed by atoms with Crippen LogP contribution in [0.2, 0.25) is 0 Å². The van der Waals surface area contributed by atoms with Crippen molar-refractivity contribution in [1.29, 1.82) is 0 Å². The van der Waals surface area contributed by atoms with Crippen molar-refractivity contribution < 1.29 is 4.74 Å². The molecule has 0 aromatic heterocycles. The molecule has 1 rings (SSSR count). The van der Waals surface area contributed by atoms with Crippen molar-refractivity contribution >= 4 is 0 Å². The molecule has 1 aliphatic rings. The minimum absolute atomic E-state index is 0.616. The van der Waals surface area contributed by atoms with Gasteiger partial charge in [0.25, 0.3) is 0 Å². The van der Waals surface area contributed by atoms with Crippen LogP contribution < -0.4 is 0 Å². The summed E-state index contributed by atoms with van der Waals surface area (Å²) >= 11 is 0. The number of morpholine rings is 1. The molecule has 0 saturated carbocycles. The molecule has 0 aliphatic carbocycles. The molecule has 2 atom stereocenters. The second-order valence-electron chi connectivity index (χ2n) is 6.87. The molecule has 2 nitrogen and oxygen atoms in total. The second kappa shape index (κ2) is 12.5. The standard InChI is InChI=1S/C19H39NO/c1-4-6-8-10-12-14-19(13-11-9-7-5-2)20-15-16-21-17-18(20)3/h18-19H,4-17H2,1-3H3/t18-,19?/m0/s1. The van der Waals surface area contributed by atoms with E-state index in [4.69, 9.17) is 4.74 Å². The van der Waals surface area contributed by atoms with E-state index in [2.05, 4.69) is 25.7 Å². The smallest absolute Gasteiger partial charge is 0.0619 e. The Morgan fingerprint density at radius 3 is 2.05 bits per heavy atom. The third-order valence-corrected chi connectivity index (χ3v) is 4.92. The minimum Gasteiger partial charge on any atom is -0.379 e. The van der Waals surface area contributed by atoms with E-state index in [0.29, 0.717) is 6.04 Å². The second-order valence-corrected chi connectivity index (χ2v) is 6.87. The Labute approximate surface area is 133 Å². The lowest BCUT2D eigenvalue weighted by Crippen LogP contribution is -2.49. The van der Waals surface area contributed by atoms with Crippen molar-refractivity contribution in [3.63, 3.8) is 0 Å². The number of ether oxygens (including phenoxy) is 1. The van der Waals surface area contributed by atoms with Gasteiger partial charge in [0.2, 0.25) is 0 Å². The monoisotopic (exact) mass is 297 g/mol. The topological polar surface area (TPSA) is 12.5 Å². The van der Waals surface area contributed by atoms with Crippen LogP contribution in [0.3, 0.4) is 0 Å². The first-order chi connectivity index (χ1) is 10.3. The third-order valence-electron chi connectivity index (χ3n) is 4.92. The van der Waals surface area contributed by atoms with Gasteiger partial charge in [-0.1, -0.05) is 71.6 Å².